The van der Waals surface area contributed by atoms with Gasteiger partial charge in [0.2, 0.25) is 0 Å². The lowest BCUT2D eigenvalue weighted by Crippen LogP contribution is -2.21. The summed E-state index contributed by atoms with van der Waals surface area (Å²) in [5.74, 6) is -0.228. The van der Waals surface area contributed by atoms with E-state index in [1.165, 1.54) is 23.7 Å². The monoisotopic (exact) mass is 284 g/mol. The van der Waals surface area contributed by atoms with Crippen molar-refractivity contribution in [2.24, 2.45) is 5.73 Å². The van der Waals surface area contributed by atoms with Gasteiger partial charge in [0, 0.05) is 24.0 Å². The van der Waals surface area contributed by atoms with Crippen LogP contribution in [0.15, 0.2) is 42.5 Å². The molecule has 0 radical (unpaired) electrons. The van der Waals surface area contributed by atoms with Gasteiger partial charge in [0.05, 0.1) is 0 Å². The second-order valence-electron chi connectivity index (χ2n) is 5.73. The highest BCUT2D eigenvalue weighted by Gasteiger charge is 2.20. The van der Waals surface area contributed by atoms with Gasteiger partial charge < -0.3 is 10.6 Å². The highest BCUT2D eigenvalue weighted by Crippen LogP contribution is 2.36. The molecule has 0 unspecified atom stereocenters. The van der Waals surface area contributed by atoms with Crippen LogP contribution < -0.4 is 10.6 Å². The van der Waals surface area contributed by atoms with E-state index in [0.29, 0.717) is 0 Å². The number of anilines is 2. The van der Waals surface area contributed by atoms with Crippen LogP contribution in [-0.4, -0.2) is 6.54 Å². The molecule has 2 nitrogen and oxygen atoms in total. The molecule has 0 aromatic heterocycles. The van der Waals surface area contributed by atoms with Gasteiger partial charge in [-0.15, -0.1) is 0 Å². The highest BCUT2D eigenvalue weighted by molar-refractivity contribution is 5.70. The van der Waals surface area contributed by atoms with Crippen LogP contribution in [0.25, 0.3) is 0 Å². The van der Waals surface area contributed by atoms with E-state index in [1.54, 1.807) is 6.07 Å². The van der Waals surface area contributed by atoms with E-state index in [0.717, 1.165) is 30.6 Å². The number of hydrogen-bond acceptors (Lipinski definition) is 2. The fourth-order valence-corrected chi connectivity index (χ4v) is 3.08. The molecule has 1 aliphatic heterocycles. The summed E-state index contributed by atoms with van der Waals surface area (Å²) in [6.07, 6.45) is 3.41. The Hall–Kier alpha value is -1.87. The molecule has 0 saturated carbocycles. The minimum Gasteiger partial charge on any atom is -0.341 e. The summed E-state index contributed by atoms with van der Waals surface area (Å²) in [7, 11) is 0. The smallest absolute Gasteiger partial charge is 0.123 e. The van der Waals surface area contributed by atoms with Crippen molar-refractivity contribution < 1.29 is 4.39 Å². The van der Waals surface area contributed by atoms with Crippen molar-refractivity contribution in [1.29, 1.82) is 0 Å². The summed E-state index contributed by atoms with van der Waals surface area (Å²) >= 11 is 0. The summed E-state index contributed by atoms with van der Waals surface area (Å²) in [5.41, 5.74) is 10.5. The zero-order valence-electron chi connectivity index (χ0n) is 12.3. The molecule has 1 aliphatic rings. The second kappa shape index (κ2) is 5.86. The number of nitrogens with zero attached hydrogens (tertiary/aromatic N) is 1. The van der Waals surface area contributed by atoms with Crippen LogP contribution in [0, 0.1) is 5.82 Å². The number of hydrogen-bond donors (Lipinski definition) is 1. The first-order chi connectivity index (χ1) is 10.2. The lowest BCUT2D eigenvalue weighted by molar-refractivity contribution is 0.622. The SMILES string of the molecule is C[C@@H](N)c1cc(F)ccc1N1CCCCc2ccccc21. The van der Waals surface area contributed by atoms with Crippen molar-refractivity contribution in [3.05, 3.63) is 59.4 Å². The van der Waals surface area contributed by atoms with Gasteiger partial charge in [-0.05, 0) is 61.6 Å². The Morgan fingerprint density at radius 1 is 1.10 bits per heavy atom. The third kappa shape index (κ3) is 2.79. The molecule has 0 amide bonds. The van der Waals surface area contributed by atoms with Crippen LogP contribution in [0.4, 0.5) is 15.8 Å². The summed E-state index contributed by atoms with van der Waals surface area (Å²) in [4.78, 5) is 2.29. The van der Waals surface area contributed by atoms with E-state index in [9.17, 15) is 4.39 Å². The number of benzene rings is 2. The molecule has 110 valence electrons. The van der Waals surface area contributed by atoms with Gasteiger partial charge in [0.25, 0.3) is 0 Å². The molecule has 21 heavy (non-hydrogen) atoms. The maximum absolute atomic E-state index is 13.6. The van der Waals surface area contributed by atoms with Crippen LogP contribution in [0.1, 0.15) is 36.9 Å². The van der Waals surface area contributed by atoms with Crippen molar-refractivity contribution in [2.45, 2.75) is 32.2 Å². The Bertz CT molecular complexity index is 637. The third-order valence-corrected chi connectivity index (χ3v) is 4.13. The summed E-state index contributed by atoms with van der Waals surface area (Å²) in [5, 5.41) is 0. The molecule has 2 N–H and O–H groups in total. The van der Waals surface area contributed by atoms with Crippen molar-refractivity contribution in [2.75, 3.05) is 11.4 Å². The molecule has 0 bridgehead atoms. The molecule has 0 fully saturated rings. The number of nitrogens with two attached hydrogens (primary N) is 1. The normalized spacial score (nSPS) is 16.2. The summed E-state index contributed by atoms with van der Waals surface area (Å²) < 4.78 is 13.6. The first-order valence-electron chi connectivity index (χ1n) is 7.57. The molecule has 0 aliphatic carbocycles. The predicted molar refractivity (Wildman–Crippen MR) is 85.4 cm³/mol. The number of aryl methyl sites for hydroxylation is 1. The lowest BCUT2D eigenvalue weighted by atomic mass is 10.0. The Balaban J connectivity index is 2.12. The van der Waals surface area contributed by atoms with E-state index in [-0.39, 0.29) is 11.9 Å². The van der Waals surface area contributed by atoms with Gasteiger partial charge in [-0.1, -0.05) is 18.2 Å². The van der Waals surface area contributed by atoms with Crippen LogP contribution in [0.5, 0.6) is 0 Å². The van der Waals surface area contributed by atoms with Crippen LogP contribution in [-0.2, 0) is 6.42 Å². The third-order valence-electron chi connectivity index (χ3n) is 4.13. The largest absolute Gasteiger partial charge is 0.341 e. The molecule has 3 rings (SSSR count). The lowest BCUT2D eigenvalue weighted by Gasteiger charge is -2.28. The number of halogens is 1. The van der Waals surface area contributed by atoms with Gasteiger partial charge in [-0.3, -0.25) is 0 Å². The standard InChI is InChI=1S/C18H21FN2/c1-13(20)16-12-15(19)9-10-18(16)21-11-5-4-7-14-6-2-3-8-17(14)21/h2-3,6,8-10,12-13H,4-5,7,11,20H2,1H3/t13-/m1/s1. The average Bonchev–Trinajstić information content (AvgIpc) is 2.69. The van der Waals surface area contributed by atoms with Crippen LogP contribution >= 0.6 is 0 Å². The van der Waals surface area contributed by atoms with Gasteiger partial charge in [0.15, 0.2) is 0 Å². The zero-order chi connectivity index (χ0) is 14.8. The molecular formula is C18H21FN2. The fourth-order valence-electron chi connectivity index (χ4n) is 3.08. The summed E-state index contributed by atoms with van der Waals surface area (Å²) in [6, 6.07) is 13.2. The minimum absolute atomic E-state index is 0.189. The van der Waals surface area contributed by atoms with E-state index in [2.05, 4.69) is 29.2 Å². The predicted octanol–water partition coefficient (Wildman–Crippen LogP) is 4.32. The Labute approximate surface area is 125 Å². The first kappa shape index (κ1) is 14.1. The van der Waals surface area contributed by atoms with Crippen molar-refractivity contribution in [1.82, 2.24) is 0 Å². The van der Waals surface area contributed by atoms with Crippen molar-refractivity contribution in [3.63, 3.8) is 0 Å². The highest BCUT2D eigenvalue weighted by atomic mass is 19.1. The number of fused-ring (bicyclic) bond motifs is 1. The van der Waals surface area contributed by atoms with Gasteiger partial charge in [-0.2, -0.15) is 0 Å². The van der Waals surface area contributed by atoms with Gasteiger partial charge >= 0.3 is 0 Å². The van der Waals surface area contributed by atoms with Crippen molar-refractivity contribution >= 4 is 11.4 Å². The Morgan fingerprint density at radius 2 is 1.90 bits per heavy atom. The molecule has 0 saturated heterocycles. The molecule has 2 aromatic rings. The average molecular weight is 284 g/mol. The van der Waals surface area contributed by atoms with Gasteiger partial charge in [-0.25, -0.2) is 4.39 Å². The Morgan fingerprint density at radius 3 is 2.71 bits per heavy atom. The van der Waals surface area contributed by atoms with E-state index >= 15 is 0 Å². The topological polar surface area (TPSA) is 29.3 Å². The van der Waals surface area contributed by atoms with Crippen LogP contribution in [0.2, 0.25) is 0 Å². The fraction of sp³-hybridized carbons (Fsp3) is 0.333. The zero-order valence-corrected chi connectivity index (χ0v) is 12.3. The maximum Gasteiger partial charge on any atom is 0.123 e. The number of rotatable bonds is 2. The second-order valence-corrected chi connectivity index (χ2v) is 5.73. The van der Waals surface area contributed by atoms with Crippen molar-refractivity contribution in [3.8, 4) is 0 Å². The minimum atomic E-state index is -0.228. The number of para-hydroxylation sites is 1. The first-order valence-corrected chi connectivity index (χ1v) is 7.57. The van der Waals surface area contributed by atoms with E-state index < -0.39 is 0 Å². The van der Waals surface area contributed by atoms with E-state index in [1.807, 2.05) is 13.0 Å². The molecule has 1 atom stereocenters. The van der Waals surface area contributed by atoms with E-state index in [4.69, 9.17) is 5.73 Å². The molecule has 2 aromatic carbocycles. The molecule has 3 heteroatoms. The molecular weight excluding hydrogens is 263 g/mol. The summed E-state index contributed by atoms with van der Waals surface area (Å²) in [6.45, 7) is 2.85. The molecule has 0 spiro atoms. The quantitative estimate of drug-likeness (QED) is 0.890. The molecule has 1 heterocycles. The van der Waals surface area contributed by atoms with Gasteiger partial charge in [0.1, 0.15) is 5.82 Å². The van der Waals surface area contributed by atoms with Crippen LogP contribution in [0.3, 0.4) is 0 Å². The Kier molecular flexibility index (Phi) is 3.93. The maximum atomic E-state index is 13.6.